The van der Waals surface area contributed by atoms with Gasteiger partial charge in [-0.25, -0.2) is 9.37 Å². The zero-order valence-corrected chi connectivity index (χ0v) is 15.8. The van der Waals surface area contributed by atoms with Crippen molar-refractivity contribution in [1.29, 1.82) is 0 Å². The SMILES string of the molecule is COc1ccc(C(C)NC(=O)c2ccc(OCc3cscn3)cc2)cc1F. The highest BCUT2D eigenvalue weighted by Crippen LogP contribution is 2.22. The van der Waals surface area contributed by atoms with Crippen LogP contribution in [0, 0.1) is 5.82 Å². The second kappa shape index (κ2) is 8.64. The predicted octanol–water partition coefficient (Wildman–Crippen LogP) is 4.36. The number of ether oxygens (including phenoxy) is 2. The number of aromatic nitrogens is 1. The van der Waals surface area contributed by atoms with E-state index in [1.165, 1.54) is 24.5 Å². The van der Waals surface area contributed by atoms with Gasteiger partial charge >= 0.3 is 0 Å². The maximum atomic E-state index is 13.8. The number of hydrogen-bond donors (Lipinski definition) is 1. The van der Waals surface area contributed by atoms with Gasteiger partial charge in [0, 0.05) is 10.9 Å². The molecule has 1 N–H and O–H groups in total. The summed E-state index contributed by atoms with van der Waals surface area (Å²) in [6.45, 7) is 2.18. The molecule has 3 aromatic rings. The molecule has 0 saturated heterocycles. The quantitative estimate of drug-likeness (QED) is 0.655. The van der Waals surface area contributed by atoms with Gasteiger partial charge in [0.2, 0.25) is 0 Å². The molecule has 0 bridgehead atoms. The molecular formula is C20H19FN2O3S. The van der Waals surface area contributed by atoms with E-state index >= 15 is 0 Å². The Morgan fingerprint density at radius 3 is 2.67 bits per heavy atom. The van der Waals surface area contributed by atoms with Crippen molar-refractivity contribution in [3.63, 3.8) is 0 Å². The minimum Gasteiger partial charge on any atom is -0.494 e. The van der Waals surface area contributed by atoms with Crippen LogP contribution in [0.15, 0.2) is 53.4 Å². The smallest absolute Gasteiger partial charge is 0.251 e. The summed E-state index contributed by atoms with van der Waals surface area (Å²) < 4.78 is 24.4. The van der Waals surface area contributed by atoms with Gasteiger partial charge in [0.25, 0.3) is 5.91 Å². The van der Waals surface area contributed by atoms with Crippen molar-refractivity contribution in [3.8, 4) is 11.5 Å². The standard InChI is InChI=1S/C20H19FN2O3S/c1-13(15-5-8-19(25-2)18(21)9-15)23-20(24)14-3-6-17(7-4-14)26-10-16-11-27-12-22-16/h3-9,11-13H,10H2,1-2H3,(H,23,24). The fourth-order valence-electron chi connectivity index (χ4n) is 2.48. The number of halogens is 1. The number of methoxy groups -OCH3 is 1. The van der Waals surface area contributed by atoms with Crippen LogP contribution in [-0.2, 0) is 6.61 Å². The summed E-state index contributed by atoms with van der Waals surface area (Å²) in [7, 11) is 1.41. The number of nitrogens with zero attached hydrogens (tertiary/aromatic N) is 1. The van der Waals surface area contributed by atoms with E-state index in [4.69, 9.17) is 9.47 Å². The predicted molar refractivity (Wildman–Crippen MR) is 102 cm³/mol. The molecule has 1 atom stereocenters. The molecule has 0 spiro atoms. The largest absolute Gasteiger partial charge is 0.494 e. The van der Waals surface area contributed by atoms with Crippen LogP contribution >= 0.6 is 11.3 Å². The highest BCUT2D eigenvalue weighted by atomic mass is 32.1. The van der Waals surface area contributed by atoms with Crippen molar-refractivity contribution in [2.45, 2.75) is 19.6 Å². The molecule has 0 saturated carbocycles. The fourth-order valence-corrected chi connectivity index (χ4v) is 3.03. The average molecular weight is 386 g/mol. The molecule has 5 nitrogen and oxygen atoms in total. The van der Waals surface area contributed by atoms with E-state index in [0.29, 0.717) is 23.5 Å². The van der Waals surface area contributed by atoms with Crippen LogP contribution in [0.4, 0.5) is 4.39 Å². The molecule has 7 heteroatoms. The average Bonchev–Trinajstić information content (AvgIpc) is 3.20. The minimum atomic E-state index is -0.460. The van der Waals surface area contributed by atoms with Gasteiger partial charge in [-0.15, -0.1) is 11.3 Å². The first-order chi connectivity index (χ1) is 13.1. The molecule has 140 valence electrons. The molecule has 1 unspecified atom stereocenters. The fraction of sp³-hybridized carbons (Fsp3) is 0.200. The van der Waals surface area contributed by atoms with Gasteiger partial charge in [-0.1, -0.05) is 6.07 Å². The first kappa shape index (κ1) is 18.8. The highest BCUT2D eigenvalue weighted by molar-refractivity contribution is 7.07. The van der Waals surface area contributed by atoms with Gasteiger partial charge in [0.05, 0.1) is 24.4 Å². The summed E-state index contributed by atoms with van der Waals surface area (Å²) in [6.07, 6.45) is 0. The van der Waals surface area contributed by atoms with Crippen LogP contribution in [0.1, 0.15) is 34.6 Å². The lowest BCUT2D eigenvalue weighted by Crippen LogP contribution is -2.26. The van der Waals surface area contributed by atoms with E-state index in [2.05, 4.69) is 10.3 Å². The highest BCUT2D eigenvalue weighted by Gasteiger charge is 2.14. The summed E-state index contributed by atoms with van der Waals surface area (Å²) in [5.41, 5.74) is 3.77. The Balaban J connectivity index is 1.59. The number of nitrogens with one attached hydrogen (secondary N) is 1. The third-order valence-corrected chi connectivity index (χ3v) is 4.65. The molecule has 0 aliphatic carbocycles. The van der Waals surface area contributed by atoms with Gasteiger partial charge in [-0.3, -0.25) is 4.79 Å². The van der Waals surface area contributed by atoms with Gasteiger partial charge in [-0.05, 0) is 48.9 Å². The Hall–Kier alpha value is -2.93. The van der Waals surface area contributed by atoms with E-state index in [0.717, 1.165) is 5.69 Å². The lowest BCUT2D eigenvalue weighted by molar-refractivity contribution is 0.0939. The maximum absolute atomic E-state index is 13.8. The van der Waals surface area contributed by atoms with Gasteiger partial charge in [0.1, 0.15) is 12.4 Å². The van der Waals surface area contributed by atoms with E-state index in [1.54, 1.807) is 48.8 Å². The molecule has 27 heavy (non-hydrogen) atoms. The molecular weight excluding hydrogens is 367 g/mol. The Morgan fingerprint density at radius 1 is 1.26 bits per heavy atom. The Bertz CT molecular complexity index is 898. The lowest BCUT2D eigenvalue weighted by Gasteiger charge is -2.15. The molecule has 0 aliphatic heterocycles. The number of carbonyl (C=O) groups excluding carboxylic acids is 1. The number of benzene rings is 2. The summed E-state index contributed by atoms with van der Waals surface area (Å²) in [6, 6.07) is 11.1. The molecule has 0 aliphatic rings. The first-order valence-electron chi connectivity index (χ1n) is 8.31. The summed E-state index contributed by atoms with van der Waals surface area (Å²) in [5, 5.41) is 4.78. The molecule has 0 fully saturated rings. The van der Waals surface area contributed by atoms with Crippen molar-refractivity contribution < 1.29 is 18.7 Å². The molecule has 1 amide bonds. The zero-order valence-electron chi connectivity index (χ0n) is 14.9. The molecule has 0 radical (unpaired) electrons. The van der Waals surface area contributed by atoms with E-state index in [1.807, 2.05) is 5.38 Å². The lowest BCUT2D eigenvalue weighted by atomic mass is 10.1. The van der Waals surface area contributed by atoms with Crippen LogP contribution in [0.3, 0.4) is 0 Å². The van der Waals surface area contributed by atoms with Crippen LogP contribution in [0.2, 0.25) is 0 Å². The summed E-state index contributed by atoms with van der Waals surface area (Å²) >= 11 is 1.51. The van der Waals surface area contributed by atoms with E-state index in [-0.39, 0.29) is 17.7 Å². The molecule has 1 heterocycles. The van der Waals surface area contributed by atoms with Crippen molar-refractivity contribution >= 4 is 17.2 Å². The van der Waals surface area contributed by atoms with Crippen LogP contribution in [-0.4, -0.2) is 18.0 Å². The van der Waals surface area contributed by atoms with E-state index < -0.39 is 5.82 Å². The second-order valence-corrected chi connectivity index (χ2v) is 6.60. The van der Waals surface area contributed by atoms with Gasteiger partial charge < -0.3 is 14.8 Å². The Labute approximate surface area is 160 Å². The Morgan fingerprint density at radius 2 is 2.04 bits per heavy atom. The van der Waals surface area contributed by atoms with Crippen LogP contribution in [0.25, 0.3) is 0 Å². The van der Waals surface area contributed by atoms with Crippen LogP contribution in [0.5, 0.6) is 11.5 Å². The molecule has 2 aromatic carbocycles. The van der Waals surface area contributed by atoms with Gasteiger partial charge in [0.15, 0.2) is 11.6 Å². The summed E-state index contributed by atoms with van der Waals surface area (Å²) in [5.74, 6) is 0.123. The number of rotatable bonds is 7. The number of amides is 1. The maximum Gasteiger partial charge on any atom is 0.251 e. The third kappa shape index (κ3) is 4.83. The number of carbonyl (C=O) groups is 1. The normalized spacial score (nSPS) is 11.7. The number of hydrogen-bond acceptors (Lipinski definition) is 5. The molecule has 3 rings (SSSR count). The minimum absolute atomic E-state index is 0.172. The van der Waals surface area contributed by atoms with Crippen molar-refractivity contribution in [2.75, 3.05) is 7.11 Å². The number of thiazole rings is 1. The monoisotopic (exact) mass is 386 g/mol. The van der Waals surface area contributed by atoms with E-state index in [9.17, 15) is 9.18 Å². The second-order valence-electron chi connectivity index (χ2n) is 5.88. The topological polar surface area (TPSA) is 60.5 Å². The Kier molecular flexibility index (Phi) is 6.03. The van der Waals surface area contributed by atoms with Crippen molar-refractivity contribution in [2.24, 2.45) is 0 Å². The van der Waals surface area contributed by atoms with Crippen molar-refractivity contribution in [3.05, 3.63) is 76.0 Å². The third-order valence-electron chi connectivity index (χ3n) is 4.01. The molecule has 1 aromatic heterocycles. The summed E-state index contributed by atoms with van der Waals surface area (Å²) in [4.78, 5) is 16.6. The first-order valence-corrected chi connectivity index (χ1v) is 9.25. The zero-order chi connectivity index (χ0) is 19.2. The van der Waals surface area contributed by atoms with Gasteiger partial charge in [-0.2, -0.15) is 0 Å². The van der Waals surface area contributed by atoms with Crippen LogP contribution < -0.4 is 14.8 Å². The van der Waals surface area contributed by atoms with Crippen molar-refractivity contribution in [1.82, 2.24) is 10.3 Å².